The molecule has 0 saturated carbocycles. The Morgan fingerprint density at radius 1 is 1.12 bits per heavy atom. The van der Waals surface area contributed by atoms with Crippen LogP contribution in [0.1, 0.15) is 10.4 Å². The summed E-state index contributed by atoms with van der Waals surface area (Å²) in [7, 11) is 3.00. The van der Waals surface area contributed by atoms with Crippen molar-refractivity contribution in [3.05, 3.63) is 53.1 Å². The Labute approximate surface area is 144 Å². The predicted octanol–water partition coefficient (Wildman–Crippen LogP) is 2.73. The van der Waals surface area contributed by atoms with Crippen LogP contribution in [-0.4, -0.2) is 32.6 Å². The molecule has 0 spiro atoms. The van der Waals surface area contributed by atoms with Crippen LogP contribution in [0.5, 0.6) is 11.5 Å². The molecule has 0 bridgehead atoms. The van der Waals surface area contributed by atoms with Crippen molar-refractivity contribution in [2.24, 2.45) is 0 Å². The average molecular weight is 349 g/mol. The normalized spacial score (nSPS) is 9.96. The van der Waals surface area contributed by atoms with Gasteiger partial charge in [0.1, 0.15) is 11.5 Å². The highest BCUT2D eigenvalue weighted by molar-refractivity contribution is 6.30. The second kappa shape index (κ2) is 8.21. The number of halogens is 1. The maximum absolute atomic E-state index is 12.0. The van der Waals surface area contributed by atoms with E-state index in [0.717, 1.165) is 0 Å². The lowest BCUT2D eigenvalue weighted by atomic mass is 10.1. The van der Waals surface area contributed by atoms with Gasteiger partial charge in [-0.25, -0.2) is 0 Å². The summed E-state index contributed by atoms with van der Waals surface area (Å²) in [5, 5.41) is 5.80. The third-order valence-corrected chi connectivity index (χ3v) is 3.40. The van der Waals surface area contributed by atoms with Crippen LogP contribution < -0.4 is 20.1 Å². The molecule has 2 N–H and O–H groups in total. The van der Waals surface area contributed by atoms with E-state index in [-0.39, 0.29) is 18.4 Å². The Kier molecular flexibility index (Phi) is 6.03. The Balaban J connectivity index is 2.00. The lowest BCUT2D eigenvalue weighted by Crippen LogP contribution is -2.21. The summed E-state index contributed by atoms with van der Waals surface area (Å²) in [6.45, 7) is -0.165. The van der Waals surface area contributed by atoms with Gasteiger partial charge in [0.05, 0.1) is 12.8 Å². The number of ether oxygens (including phenoxy) is 2. The highest BCUT2D eigenvalue weighted by atomic mass is 35.5. The van der Waals surface area contributed by atoms with E-state index in [1.807, 2.05) is 0 Å². The van der Waals surface area contributed by atoms with Crippen LogP contribution in [0.25, 0.3) is 0 Å². The van der Waals surface area contributed by atoms with E-state index >= 15 is 0 Å². The maximum Gasteiger partial charge on any atom is 0.262 e. The summed E-state index contributed by atoms with van der Waals surface area (Å²) < 4.78 is 10.6. The summed E-state index contributed by atoms with van der Waals surface area (Å²) in [4.78, 5) is 23.6. The number of anilines is 1. The van der Waals surface area contributed by atoms with Gasteiger partial charge in [-0.05, 0) is 42.5 Å². The van der Waals surface area contributed by atoms with Crippen LogP contribution in [0, 0.1) is 0 Å². The fraction of sp³-hybridized carbons (Fsp3) is 0.176. The SMILES string of the molecule is CNC(=O)c1ccc(NC(=O)COc2ccc(Cl)cc2)c(OC)c1. The van der Waals surface area contributed by atoms with Crippen molar-refractivity contribution in [3.63, 3.8) is 0 Å². The zero-order chi connectivity index (χ0) is 17.5. The van der Waals surface area contributed by atoms with Gasteiger partial charge < -0.3 is 20.1 Å². The smallest absolute Gasteiger partial charge is 0.262 e. The monoisotopic (exact) mass is 348 g/mol. The van der Waals surface area contributed by atoms with Crippen LogP contribution in [0.3, 0.4) is 0 Å². The summed E-state index contributed by atoms with van der Waals surface area (Å²) in [5.41, 5.74) is 0.889. The molecule has 0 aliphatic heterocycles. The highest BCUT2D eigenvalue weighted by Crippen LogP contribution is 2.25. The van der Waals surface area contributed by atoms with Crippen LogP contribution in [0.2, 0.25) is 5.02 Å². The van der Waals surface area contributed by atoms with E-state index in [0.29, 0.717) is 27.8 Å². The molecule has 0 aliphatic rings. The quantitative estimate of drug-likeness (QED) is 0.841. The average Bonchev–Trinajstić information content (AvgIpc) is 2.60. The van der Waals surface area contributed by atoms with E-state index in [9.17, 15) is 9.59 Å². The van der Waals surface area contributed by atoms with Gasteiger partial charge in [-0.15, -0.1) is 0 Å². The molecule has 0 radical (unpaired) electrons. The van der Waals surface area contributed by atoms with Crippen molar-refractivity contribution < 1.29 is 19.1 Å². The second-order valence-electron chi connectivity index (χ2n) is 4.78. The Morgan fingerprint density at radius 2 is 1.83 bits per heavy atom. The summed E-state index contributed by atoms with van der Waals surface area (Å²) in [5.74, 6) is 0.334. The third-order valence-electron chi connectivity index (χ3n) is 3.15. The minimum Gasteiger partial charge on any atom is -0.495 e. The van der Waals surface area contributed by atoms with Crippen LogP contribution in [0.15, 0.2) is 42.5 Å². The number of rotatable bonds is 6. The minimum absolute atomic E-state index is 0.165. The van der Waals surface area contributed by atoms with E-state index < -0.39 is 0 Å². The number of nitrogens with one attached hydrogen (secondary N) is 2. The maximum atomic E-state index is 12.0. The molecule has 2 aromatic carbocycles. The van der Waals surface area contributed by atoms with Crippen molar-refractivity contribution in [3.8, 4) is 11.5 Å². The molecular weight excluding hydrogens is 332 g/mol. The third kappa shape index (κ3) is 4.63. The molecule has 126 valence electrons. The molecule has 0 fully saturated rings. The Bertz CT molecular complexity index is 732. The lowest BCUT2D eigenvalue weighted by Gasteiger charge is -2.12. The van der Waals surface area contributed by atoms with E-state index in [2.05, 4.69) is 10.6 Å². The molecule has 2 aromatic rings. The molecule has 0 aliphatic carbocycles. The molecule has 0 aromatic heterocycles. The van der Waals surface area contributed by atoms with Crippen LogP contribution >= 0.6 is 11.6 Å². The molecule has 0 unspecified atom stereocenters. The molecule has 2 amide bonds. The largest absolute Gasteiger partial charge is 0.495 e. The second-order valence-corrected chi connectivity index (χ2v) is 5.22. The number of hydrogen-bond acceptors (Lipinski definition) is 4. The van der Waals surface area contributed by atoms with Crippen molar-refractivity contribution in [2.45, 2.75) is 0 Å². The molecule has 0 saturated heterocycles. The number of amides is 2. The first-order chi connectivity index (χ1) is 11.5. The first kappa shape index (κ1) is 17.6. The number of hydrogen-bond donors (Lipinski definition) is 2. The van der Waals surface area contributed by atoms with Crippen molar-refractivity contribution in [1.29, 1.82) is 0 Å². The standard InChI is InChI=1S/C17H17ClN2O4/c1-19-17(22)11-3-8-14(15(9-11)23-2)20-16(21)10-24-13-6-4-12(18)5-7-13/h3-9H,10H2,1-2H3,(H,19,22)(H,20,21). The summed E-state index contributed by atoms with van der Waals surface area (Å²) >= 11 is 5.78. The highest BCUT2D eigenvalue weighted by Gasteiger charge is 2.12. The van der Waals surface area contributed by atoms with Gasteiger partial charge in [-0.2, -0.15) is 0 Å². The Hall–Kier alpha value is -2.73. The van der Waals surface area contributed by atoms with Crippen LogP contribution in [0.4, 0.5) is 5.69 Å². The Morgan fingerprint density at radius 3 is 2.46 bits per heavy atom. The summed E-state index contributed by atoms with van der Waals surface area (Å²) in [6, 6.07) is 11.4. The number of carbonyl (C=O) groups excluding carboxylic acids is 2. The number of methoxy groups -OCH3 is 1. The van der Waals surface area contributed by atoms with Gasteiger partial charge in [0, 0.05) is 17.6 Å². The molecule has 2 rings (SSSR count). The predicted molar refractivity (Wildman–Crippen MR) is 92.0 cm³/mol. The zero-order valence-electron chi connectivity index (χ0n) is 13.3. The van der Waals surface area contributed by atoms with Gasteiger partial charge in [-0.3, -0.25) is 9.59 Å². The molecule has 7 heteroatoms. The zero-order valence-corrected chi connectivity index (χ0v) is 14.0. The minimum atomic E-state index is -0.351. The van der Waals surface area contributed by atoms with Crippen molar-refractivity contribution in [1.82, 2.24) is 5.32 Å². The van der Waals surface area contributed by atoms with Gasteiger partial charge in [0.2, 0.25) is 0 Å². The number of benzene rings is 2. The fourth-order valence-corrected chi connectivity index (χ4v) is 2.07. The van der Waals surface area contributed by atoms with Crippen molar-refractivity contribution >= 4 is 29.1 Å². The fourth-order valence-electron chi connectivity index (χ4n) is 1.95. The lowest BCUT2D eigenvalue weighted by molar-refractivity contribution is -0.118. The van der Waals surface area contributed by atoms with Crippen LogP contribution in [-0.2, 0) is 4.79 Å². The van der Waals surface area contributed by atoms with E-state index in [1.54, 1.807) is 49.5 Å². The first-order valence-electron chi connectivity index (χ1n) is 7.12. The van der Waals surface area contributed by atoms with E-state index in [1.165, 1.54) is 7.11 Å². The van der Waals surface area contributed by atoms with Gasteiger partial charge in [0.25, 0.3) is 11.8 Å². The number of carbonyl (C=O) groups is 2. The first-order valence-corrected chi connectivity index (χ1v) is 7.49. The molecule has 6 nitrogen and oxygen atoms in total. The molecule has 0 atom stereocenters. The van der Waals surface area contributed by atoms with Gasteiger partial charge in [0.15, 0.2) is 6.61 Å². The molecule has 0 heterocycles. The van der Waals surface area contributed by atoms with Crippen molar-refractivity contribution in [2.75, 3.05) is 26.1 Å². The van der Waals surface area contributed by atoms with Gasteiger partial charge in [-0.1, -0.05) is 11.6 Å². The summed E-state index contributed by atoms with van der Waals surface area (Å²) in [6.07, 6.45) is 0. The van der Waals surface area contributed by atoms with Gasteiger partial charge >= 0.3 is 0 Å². The van der Waals surface area contributed by atoms with E-state index in [4.69, 9.17) is 21.1 Å². The topological polar surface area (TPSA) is 76.7 Å². The molecule has 24 heavy (non-hydrogen) atoms. The molecular formula is C17H17ClN2O4.